The largest absolute Gasteiger partial charge is 0.309 e. The fourth-order valence-corrected chi connectivity index (χ4v) is 2.70. The lowest BCUT2D eigenvalue weighted by atomic mass is 10.2. The predicted octanol–water partition coefficient (Wildman–Crippen LogP) is 1.67. The zero-order valence-electron chi connectivity index (χ0n) is 9.49. The maximum Gasteiger partial charge on any atom is 0.0941 e. The Morgan fingerprint density at radius 1 is 1.60 bits per heavy atom. The number of nitrogens with zero attached hydrogens (tertiary/aromatic N) is 2. The van der Waals surface area contributed by atoms with Crippen LogP contribution in [0, 0.1) is 0 Å². The summed E-state index contributed by atoms with van der Waals surface area (Å²) in [6.45, 7) is 2.24. The highest BCUT2D eigenvalue weighted by molar-refractivity contribution is 7.09. The molecule has 2 heterocycles. The summed E-state index contributed by atoms with van der Waals surface area (Å²) in [5, 5.41) is 6.97. The average molecular weight is 225 g/mol. The molecule has 0 aromatic carbocycles. The lowest BCUT2D eigenvalue weighted by molar-refractivity contribution is 0.413. The molecule has 1 saturated heterocycles. The van der Waals surface area contributed by atoms with E-state index in [9.17, 15) is 0 Å². The van der Waals surface area contributed by atoms with Gasteiger partial charge in [-0.3, -0.25) is 0 Å². The molecule has 1 fully saturated rings. The molecule has 1 aliphatic rings. The molecule has 15 heavy (non-hydrogen) atoms. The molecule has 0 saturated carbocycles. The molecule has 0 spiro atoms. The van der Waals surface area contributed by atoms with Crippen LogP contribution in [0.3, 0.4) is 0 Å². The number of rotatable bonds is 4. The van der Waals surface area contributed by atoms with Crippen LogP contribution in [0.1, 0.15) is 29.6 Å². The topological polar surface area (TPSA) is 28.2 Å². The summed E-state index contributed by atoms with van der Waals surface area (Å²) < 4.78 is 0. The van der Waals surface area contributed by atoms with Crippen LogP contribution in [-0.4, -0.2) is 37.1 Å². The van der Waals surface area contributed by atoms with Crippen LogP contribution in [0.4, 0.5) is 0 Å². The predicted molar refractivity (Wildman–Crippen MR) is 64.3 cm³/mol. The molecule has 4 heteroatoms. The standard InChI is InChI=1S/C11H19N3S/c1-14(2)7-5-11-13-10(8-15-11)9-4-3-6-12-9/h8-9,12H,3-7H2,1-2H3. The van der Waals surface area contributed by atoms with Crippen molar-refractivity contribution in [1.82, 2.24) is 15.2 Å². The second kappa shape index (κ2) is 5.05. The molecule has 0 radical (unpaired) electrons. The van der Waals surface area contributed by atoms with Crippen molar-refractivity contribution in [3.8, 4) is 0 Å². The van der Waals surface area contributed by atoms with Crippen LogP contribution in [0.5, 0.6) is 0 Å². The number of likely N-dealkylation sites (N-methyl/N-ethyl adjacent to an activating group) is 1. The van der Waals surface area contributed by atoms with E-state index >= 15 is 0 Å². The Morgan fingerprint density at radius 3 is 3.13 bits per heavy atom. The first-order chi connectivity index (χ1) is 7.25. The van der Waals surface area contributed by atoms with E-state index in [1.54, 1.807) is 11.3 Å². The SMILES string of the molecule is CN(C)CCc1nc(C2CCCN2)cs1. The van der Waals surface area contributed by atoms with E-state index in [1.165, 1.54) is 23.5 Å². The fourth-order valence-electron chi connectivity index (χ4n) is 1.86. The van der Waals surface area contributed by atoms with E-state index in [4.69, 9.17) is 4.98 Å². The van der Waals surface area contributed by atoms with E-state index in [1.807, 2.05) is 0 Å². The molecule has 2 rings (SSSR count). The second-order valence-corrected chi connectivity index (χ2v) is 5.31. The number of hydrogen-bond acceptors (Lipinski definition) is 4. The monoisotopic (exact) mass is 225 g/mol. The van der Waals surface area contributed by atoms with Crippen LogP contribution < -0.4 is 5.32 Å². The van der Waals surface area contributed by atoms with Gasteiger partial charge >= 0.3 is 0 Å². The van der Waals surface area contributed by atoms with E-state index in [-0.39, 0.29) is 0 Å². The highest BCUT2D eigenvalue weighted by Gasteiger charge is 2.18. The second-order valence-electron chi connectivity index (χ2n) is 4.37. The van der Waals surface area contributed by atoms with Crippen LogP contribution in [0.2, 0.25) is 0 Å². The Labute approximate surface area is 95.5 Å². The smallest absolute Gasteiger partial charge is 0.0941 e. The molecule has 0 amide bonds. The first-order valence-corrected chi connectivity index (χ1v) is 6.46. The van der Waals surface area contributed by atoms with Gasteiger partial charge in [0.05, 0.1) is 16.7 Å². The zero-order valence-corrected chi connectivity index (χ0v) is 10.3. The zero-order chi connectivity index (χ0) is 10.7. The van der Waals surface area contributed by atoms with Gasteiger partial charge in [0, 0.05) is 18.3 Å². The van der Waals surface area contributed by atoms with Crippen molar-refractivity contribution in [3.05, 3.63) is 16.1 Å². The Hall–Kier alpha value is -0.450. The summed E-state index contributed by atoms with van der Waals surface area (Å²) in [6.07, 6.45) is 3.61. The molecule has 0 aliphatic carbocycles. The third kappa shape index (κ3) is 3.00. The summed E-state index contributed by atoms with van der Waals surface area (Å²) in [5.74, 6) is 0. The summed E-state index contributed by atoms with van der Waals surface area (Å²) in [5.41, 5.74) is 1.26. The summed E-state index contributed by atoms with van der Waals surface area (Å²) in [4.78, 5) is 6.90. The van der Waals surface area contributed by atoms with Crippen molar-refractivity contribution in [2.24, 2.45) is 0 Å². The minimum Gasteiger partial charge on any atom is -0.309 e. The van der Waals surface area contributed by atoms with Crippen LogP contribution in [0.15, 0.2) is 5.38 Å². The molecular formula is C11H19N3S. The summed E-state index contributed by atoms with van der Waals surface area (Å²) in [7, 11) is 4.21. The fraction of sp³-hybridized carbons (Fsp3) is 0.727. The maximum absolute atomic E-state index is 4.69. The van der Waals surface area contributed by atoms with Gasteiger partial charge in [-0.05, 0) is 33.5 Å². The Bertz CT molecular complexity index is 303. The van der Waals surface area contributed by atoms with E-state index in [2.05, 4.69) is 29.7 Å². The van der Waals surface area contributed by atoms with Gasteiger partial charge in [-0.25, -0.2) is 4.98 Å². The van der Waals surface area contributed by atoms with Crippen molar-refractivity contribution >= 4 is 11.3 Å². The number of nitrogens with one attached hydrogen (secondary N) is 1. The highest BCUT2D eigenvalue weighted by atomic mass is 32.1. The number of aromatic nitrogens is 1. The molecule has 1 unspecified atom stereocenters. The molecule has 1 aromatic rings. The third-order valence-corrected chi connectivity index (χ3v) is 3.69. The Kier molecular flexibility index (Phi) is 3.72. The lowest BCUT2D eigenvalue weighted by Gasteiger charge is -2.07. The molecule has 84 valence electrons. The first kappa shape index (κ1) is 11.0. The summed E-state index contributed by atoms with van der Waals surface area (Å²) >= 11 is 1.80. The highest BCUT2D eigenvalue weighted by Crippen LogP contribution is 2.24. The van der Waals surface area contributed by atoms with Gasteiger partial charge in [-0.2, -0.15) is 0 Å². The molecule has 1 atom stereocenters. The van der Waals surface area contributed by atoms with Crippen molar-refractivity contribution in [3.63, 3.8) is 0 Å². The van der Waals surface area contributed by atoms with E-state index in [0.717, 1.165) is 19.5 Å². The van der Waals surface area contributed by atoms with E-state index in [0.29, 0.717) is 6.04 Å². The molecule has 0 bridgehead atoms. The van der Waals surface area contributed by atoms with Gasteiger partial charge in [0.15, 0.2) is 0 Å². The van der Waals surface area contributed by atoms with Gasteiger partial charge in [0.1, 0.15) is 0 Å². The Balaban J connectivity index is 1.91. The molecule has 1 aromatic heterocycles. The number of hydrogen-bond donors (Lipinski definition) is 1. The average Bonchev–Trinajstić information content (AvgIpc) is 2.85. The van der Waals surface area contributed by atoms with Crippen LogP contribution in [-0.2, 0) is 6.42 Å². The van der Waals surface area contributed by atoms with Crippen molar-refractivity contribution in [2.75, 3.05) is 27.2 Å². The minimum absolute atomic E-state index is 0.523. The summed E-state index contributed by atoms with van der Waals surface area (Å²) in [6, 6.07) is 0.523. The van der Waals surface area contributed by atoms with Crippen LogP contribution in [0.25, 0.3) is 0 Å². The molecule has 1 N–H and O–H groups in total. The van der Waals surface area contributed by atoms with Gasteiger partial charge in [-0.1, -0.05) is 0 Å². The van der Waals surface area contributed by atoms with Crippen molar-refractivity contribution < 1.29 is 0 Å². The minimum atomic E-state index is 0.523. The van der Waals surface area contributed by atoms with Crippen LogP contribution >= 0.6 is 11.3 Å². The molecular weight excluding hydrogens is 206 g/mol. The van der Waals surface area contributed by atoms with Gasteiger partial charge in [0.25, 0.3) is 0 Å². The van der Waals surface area contributed by atoms with E-state index < -0.39 is 0 Å². The molecule has 1 aliphatic heterocycles. The first-order valence-electron chi connectivity index (χ1n) is 5.58. The number of thiazole rings is 1. The molecule has 3 nitrogen and oxygen atoms in total. The quantitative estimate of drug-likeness (QED) is 0.845. The maximum atomic E-state index is 4.69. The van der Waals surface area contributed by atoms with Gasteiger partial charge in [0.2, 0.25) is 0 Å². The Morgan fingerprint density at radius 2 is 2.47 bits per heavy atom. The van der Waals surface area contributed by atoms with Gasteiger partial charge < -0.3 is 10.2 Å². The third-order valence-electron chi connectivity index (χ3n) is 2.76. The van der Waals surface area contributed by atoms with Gasteiger partial charge in [-0.15, -0.1) is 11.3 Å². The van der Waals surface area contributed by atoms with Crippen molar-refractivity contribution in [2.45, 2.75) is 25.3 Å². The van der Waals surface area contributed by atoms with Crippen molar-refractivity contribution in [1.29, 1.82) is 0 Å². The lowest BCUT2D eigenvalue weighted by Crippen LogP contribution is -2.15. The normalized spacial score (nSPS) is 21.4.